The summed E-state index contributed by atoms with van der Waals surface area (Å²) in [6.45, 7) is 6.62. The summed E-state index contributed by atoms with van der Waals surface area (Å²) in [5.41, 5.74) is 1.73. The van der Waals surface area contributed by atoms with Gasteiger partial charge in [-0.05, 0) is 49.1 Å². The van der Waals surface area contributed by atoms with Gasteiger partial charge in [-0.25, -0.2) is 0 Å². The number of aromatic nitrogens is 2. The molecule has 0 aliphatic carbocycles. The van der Waals surface area contributed by atoms with Crippen molar-refractivity contribution in [1.29, 1.82) is 0 Å². The third kappa shape index (κ3) is 5.79. The van der Waals surface area contributed by atoms with Crippen LogP contribution in [0.15, 0.2) is 53.9 Å². The van der Waals surface area contributed by atoms with Crippen LogP contribution in [0.3, 0.4) is 0 Å². The van der Waals surface area contributed by atoms with Crippen molar-refractivity contribution >= 4 is 29.0 Å². The number of hydrogen-bond donors (Lipinski definition) is 0. The summed E-state index contributed by atoms with van der Waals surface area (Å²) < 4.78 is 5.29. The quantitative estimate of drug-likeness (QED) is 0.475. The lowest BCUT2D eigenvalue weighted by Crippen LogP contribution is -2.53. The number of anilines is 1. The largest absolute Gasteiger partial charge is 0.497 e. The van der Waals surface area contributed by atoms with Crippen LogP contribution in [0.25, 0.3) is 11.3 Å². The van der Waals surface area contributed by atoms with Crippen LogP contribution in [0.4, 0.5) is 5.82 Å². The van der Waals surface area contributed by atoms with Crippen molar-refractivity contribution in [2.45, 2.75) is 26.3 Å². The second-order valence-electron chi connectivity index (χ2n) is 8.54. The second kappa shape index (κ2) is 11.3. The third-order valence-corrected chi connectivity index (χ3v) is 7.25. The third-order valence-electron chi connectivity index (χ3n) is 6.39. The van der Waals surface area contributed by atoms with Crippen LogP contribution in [0.2, 0.25) is 0 Å². The van der Waals surface area contributed by atoms with Crippen molar-refractivity contribution < 1.29 is 14.3 Å². The van der Waals surface area contributed by atoms with E-state index in [0.29, 0.717) is 31.1 Å². The normalized spacial score (nSPS) is 14.5. The predicted molar refractivity (Wildman–Crippen MR) is 138 cm³/mol. The molecule has 1 aliphatic heterocycles. The van der Waals surface area contributed by atoms with Crippen molar-refractivity contribution in [2.24, 2.45) is 0 Å². The molecule has 4 rings (SSSR count). The first-order valence-corrected chi connectivity index (χ1v) is 12.7. The van der Waals surface area contributed by atoms with E-state index in [1.54, 1.807) is 12.0 Å². The second-order valence-corrected chi connectivity index (χ2v) is 9.49. The fourth-order valence-corrected chi connectivity index (χ4v) is 4.73. The Balaban J connectivity index is 1.35. The molecule has 0 spiro atoms. The number of nitrogens with zero attached hydrogens (tertiary/aromatic N) is 5. The molecule has 0 N–H and O–H groups in total. The van der Waals surface area contributed by atoms with Gasteiger partial charge in [-0.1, -0.05) is 25.1 Å². The zero-order chi connectivity index (χ0) is 24.8. The molecular weight excluding hydrogens is 462 g/mol. The van der Waals surface area contributed by atoms with E-state index in [2.05, 4.69) is 15.1 Å². The Kier molecular flexibility index (Phi) is 7.97. The van der Waals surface area contributed by atoms with Crippen molar-refractivity contribution in [3.8, 4) is 17.0 Å². The van der Waals surface area contributed by atoms with Gasteiger partial charge >= 0.3 is 0 Å². The Labute approximate surface area is 210 Å². The molecule has 1 aromatic carbocycles. The van der Waals surface area contributed by atoms with Gasteiger partial charge in [0, 0.05) is 37.8 Å². The molecular formula is C26H31N5O3S. The van der Waals surface area contributed by atoms with Crippen LogP contribution < -0.4 is 9.64 Å². The number of piperazine rings is 1. The molecule has 35 heavy (non-hydrogen) atoms. The molecule has 0 bridgehead atoms. The van der Waals surface area contributed by atoms with Gasteiger partial charge in [-0.3, -0.25) is 9.59 Å². The van der Waals surface area contributed by atoms with Crippen LogP contribution in [0.1, 0.15) is 29.9 Å². The maximum Gasteiger partial charge on any atom is 0.264 e. The number of carbonyl (C=O) groups excluding carboxylic acids is 2. The lowest BCUT2D eigenvalue weighted by molar-refractivity contribution is -0.132. The summed E-state index contributed by atoms with van der Waals surface area (Å²) in [6.07, 6.45) is 0.794. The highest BCUT2D eigenvalue weighted by Crippen LogP contribution is 2.23. The summed E-state index contributed by atoms with van der Waals surface area (Å²) in [4.78, 5) is 32.4. The monoisotopic (exact) mass is 493 g/mol. The molecule has 1 fully saturated rings. The van der Waals surface area contributed by atoms with E-state index in [1.807, 2.05) is 72.7 Å². The Morgan fingerprint density at radius 1 is 1.09 bits per heavy atom. The minimum Gasteiger partial charge on any atom is -0.497 e. The molecule has 3 heterocycles. The lowest BCUT2D eigenvalue weighted by atomic mass is 10.1. The standard InChI is InChI=1S/C26H31N5O3S/c1-4-19(2)31(26(33)23-9-6-16-35-23)18-25(32)30-14-12-29(13-15-30)24-11-10-22(27-28-24)20-7-5-8-21(17-20)34-3/h5-11,16-17,19H,4,12-15,18H2,1-3H3/t19-/m1/s1. The zero-order valence-electron chi connectivity index (χ0n) is 20.4. The summed E-state index contributed by atoms with van der Waals surface area (Å²) in [5.74, 6) is 1.47. The van der Waals surface area contributed by atoms with E-state index in [0.717, 1.165) is 29.2 Å². The van der Waals surface area contributed by atoms with E-state index < -0.39 is 0 Å². The van der Waals surface area contributed by atoms with Crippen LogP contribution in [-0.4, -0.2) is 77.7 Å². The number of rotatable bonds is 8. The molecule has 1 atom stereocenters. The first-order chi connectivity index (χ1) is 17.0. The number of thiophene rings is 1. The van der Waals surface area contributed by atoms with Gasteiger partial charge in [0.25, 0.3) is 5.91 Å². The Morgan fingerprint density at radius 3 is 2.51 bits per heavy atom. The van der Waals surface area contributed by atoms with Gasteiger partial charge in [0.05, 0.1) is 17.7 Å². The maximum atomic E-state index is 13.1. The van der Waals surface area contributed by atoms with E-state index >= 15 is 0 Å². The van der Waals surface area contributed by atoms with Crippen LogP contribution in [0, 0.1) is 0 Å². The van der Waals surface area contributed by atoms with E-state index in [9.17, 15) is 9.59 Å². The molecule has 184 valence electrons. The van der Waals surface area contributed by atoms with Gasteiger partial charge in [-0.15, -0.1) is 21.5 Å². The fourth-order valence-electron chi connectivity index (χ4n) is 4.05. The van der Waals surface area contributed by atoms with Crippen LogP contribution >= 0.6 is 11.3 Å². The SMILES string of the molecule is CC[C@@H](C)N(CC(=O)N1CCN(c2ccc(-c3cccc(OC)c3)nn2)CC1)C(=O)c1cccs1. The molecule has 1 aliphatic rings. The first-order valence-electron chi connectivity index (χ1n) is 11.9. The molecule has 0 unspecified atom stereocenters. The zero-order valence-corrected chi connectivity index (χ0v) is 21.2. The minimum absolute atomic E-state index is 0.00629. The van der Waals surface area contributed by atoms with Gasteiger partial charge in [0.2, 0.25) is 5.91 Å². The summed E-state index contributed by atoms with van der Waals surface area (Å²) in [6, 6.07) is 15.3. The van der Waals surface area contributed by atoms with Gasteiger partial charge in [0.15, 0.2) is 5.82 Å². The predicted octanol–water partition coefficient (Wildman–Crippen LogP) is 3.80. The summed E-state index contributed by atoms with van der Waals surface area (Å²) in [5, 5.41) is 10.7. The highest BCUT2D eigenvalue weighted by atomic mass is 32.1. The average molecular weight is 494 g/mol. The van der Waals surface area contributed by atoms with E-state index in [1.165, 1.54) is 11.3 Å². The molecule has 3 aromatic rings. The molecule has 8 nitrogen and oxygen atoms in total. The molecule has 0 saturated carbocycles. The van der Waals surface area contributed by atoms with Crippen LogP contribution in [0.5, 0.6) is 5.75 Å². The number of ether oxygens (including phenoxy) is 1. The Bertz CT molecular complexity index is 1130. The lowest BCUT2D eigenvalue weighted by Gasteiger charge is -2.37. The molecule has 1 saturated heterocycles. The van der Waals surface area contributed by atoms with Crippen molar-refractivity contribution in [2.75, 3.05) is 44.7 Å². The minimum atomic E-state index is -0.0762. The molecule has 2 aromatic heterocycles. The first kappa shape index (κ1) is 24.7. The van der Waals surface area contributed by atoms with Gasteiger partial charge in [0.1, 0.15) is 12.3 Å². The van der Waals surface area contributed by atoms with Gasteiger partial charge < -0.3 is 19.4 Å². The Morgan fingerprint density at radius 2 is 1.89 bits per heavy atom. The maximum absolute atomic E-state index is 13.1. The molecule has 9 heteroatoms. The van der Waals surface area contributed by atoms with Crippen molar-refractivity contribution in [1.82, 2.24) is 20.0 Å². The van der Waals surface area contributed by atoms with Crippen LogP contribution in [-0.2, 0) is 4.79 Å². The number of hydrogen-bond acceptors (Lipinski definition) is 7. The smallest absolute Gasteiger partial charge is 0.264 e. The summed E-state index contributed by atoms with van der Waals surface area (Å²) in [7, 11) is 1.64. The fraction of sp³-hybridized carbons (Fsp3) is 0.385. The molecule has 2 amide bonds. The topological polar surface area (TPSA) is 78.9 Å². The van der Waals surface area contributed by atoms with Crippen molar-refractivity contribution in [3.05, 3.63) is 58.8 Å². The number of methoxy groups -OCH3 is 1. The van der Waals surface area contributed by atoms with E-state index in [-0.39, 0.29) is 24.4 Å². The molecule has 0 radical (unpaired) electrons. The Hall–Kier alpha value is -3.46. The van der Waals surface area contributed by atoms with Crippen molar-refractivity contribution in [3.63, 3.8) is 0 Å². The van der Waals surface area contributed by atoms with E-state index in [4.69, 9.17) is 4.74 Å². The van der Waals surface area contributed by atoms with Gasteiger partial charge in [-0.2, -0.15) is 0 Å². The number of benzene rings is 1. The summed E-state index contributed by atoms with van der Waals surface area (Å²) >= 11 is 1.41. The number of carbonyl (C=O) groups is 2. The number of amides is 2. The highest BCUT2D eigenvalue weighted by molar-refractivity contribution is 7.12. The average Bonchev–Trinajstić information content (AvgIpc) is 3.46. The highest BCUT2D eigenvalue weighted by Gasteiger charge is 2.28.